The summed E-state index contributed by atoms with van der Waals surface area (Å²) in [5, 5.41) is 2.93. The number of nitrogens with zero attached hydrogens (tertiary/aromatic N) is 1. The number of nitrogens with one attached hydrogen (secondary N) is 1. The fourth-order valence-electron chi connectivity index (χ4n) is 3.41. The van der Waals surface area contributed by atoms with Gasteiger partial charge in [-0.15, -0.1) is 0 Å². The van der Waals surface area contributed by atoms with E-state index in [1.807, 2.05) is 60.7 Å². The number of hydrogen-bond acceptors (Lipinski definition) is 4. The highest BCUT2D eigenvalue weighted by Crippen LogP contribution is 2.21. The smallest absolute Gasteiger partial charge is 0.326 e. The Hall–Kier alpha value is -3.15. The highest BCUT2D eigenvalue weighted by Gasteiger charge is 2.21. The van der Waals surface area contributed by atoms with Crippen LogP contribution in [0.4, 0.5) is 0 Å². The number of esters is 1. The van der Waals surface area contributed by atoms with Crippen molar-refractivity contribution in [2.24, 2.45) is 0 Å². The highest BCUT2D eigenvalue weighted by atomic mass is 16.5. The van der Waals surface area contributed by atoms with Gasteiger partial charge in [0.05, 0.1) is 6.04 Å². The van der Waals surface area contributed by atoms with E-state index in [-0.39, 0.29) is 25.1 Å². The second-order valence-corrected chi connectivity index (χ2v) is 7.11. The van der Waals surface area contributed by atoms with Crippen LogP contribution in [0.25, 0.3) is 0 Å². The number of carbonyl (C=O) groups excluding carboxylic acids is 3. The molecule has 1 aliphatic rings. The standard InChI is InChI=1S/C23H26N2O4/c26-20(17-29-22(28)16-25-15-9-3-8-14-21(25)27)24-23(18-10-4-1-5-11-18)19-12-6-2-7-13-19/h1-2,4-7,10-13,23H,3,8-9,14-17H2,(H,24,26). The van der Waals surface area contributed by atoms with Crippen molar-refractivity contribution in [2.75, 3.05) is 19.7 Å². The van der Waals surface area contributed by atoms with Gasteiger partial charge in [0.15, 0.2) is 6.61 Å². The normalized spacial score (nSPS) is 14.4. The number of benzene rings is 2. The molecule has 1 aliphatic heterocycles. The first-order chi connectivity index (χ1) is 14.1. The summed E-state index contributed by atoms with van der Waals surface area (Å²) in [6.45, 7) is 0.0775. The molecular formula is C23H26N2O4. The zero-order chi connectivity index (χ0) is 20.5. The van der Waals surface area contributed by atoms with E-state index in [1.54, 1.807) is 0 Å². The minimum Gasteiger partial charge on any atom is -0.454 e. The molecule has 0 unspecified atom stereocenters. The topological polar surface area (TPSA) is 75.7 Å². The molecule has 0 aromatic heterocycles. The third-order valence-electron chi connectivity index (χ3n) is 4.93. The first-order valence-corrected chi connectivity index (χ1v) is 9.96. The predicted molar refractivity (Wildman–Crippen MR) is 109 cm³/mol. The van der Waals surface area contributed by atoms with E-state index in [0.717, 1.165) is 30.4 Å². The van der Waals surface area contributed by atoms with Gasteiger partial charge in [-0.25, -0.2) is 0 Å². The van der Waals surface area contributed by atoms with Gasteiger partial charge < -0.3 is 15.0 Å². The summed E-state index contributed by atoms with van der Waals surface area (Å²) in [4.78, 5) is 38.1. The molecule has 2 amide bonds. The van der Waals surface area contributed by atoms with Gasteiger partial charge in [-0.05, 0) is 24.0 Å². The molecular weight excluding hydrogens is 368 g/mol. The van der Waals surface area contributed by atoms with Crippen LogP contribution in [0.2, 0.25) is 0 Å². The molecule has 0 atom stereocenters. The van der Waals surface area contributed by atoms with E-state index in [1.165, 1.54) is 4.90 Å². The van der Waals surface area contributed by atoms with Crippen LogP contribution < -0.4 is 5.32 Å². The number of carbonyl (C=O) groups is 3. The summed E-state index contributed by atoms with van der Waals surface area (Å²) in [5.74, 6) is -0.984. The summed E-state index contributed by atoms with van der Waals surface area (Å²) < 4.78 is 5.12. The SMILES string of the molecule is O=C(COC(=O)CN1CCCCCC1=O)NC(c1ccccc1)c1ccccc1. The number of ether oxygens (including phenoxy) is 1. The molecule has 6 heteroatoms. The second-order valence-electron chi connectivity index (χ2n) is 7.11. The van der Waals surface area contributed by atoms with Gasteiger partial charge in [-0.1, -0.05) is 67.1 Å². The van der Waals surface area contributed by atoms with Gasteiger partial charge in [0.25, 0.3) is 5.91 Å². The van der Waals surface area contributed by atoms with Gasteiger partial charge in [0.2, 0.25) is 5.91 Å². The average Bonchev–Trinajstić information content (AvgIpc) is 2.96. The third-order valence-corrected chi connectivity index (χ3v) is 4.93. The first-order valence-electron chi connectivity index (χ1n) is 9.96. The van der Waals surface area contributed by atoms with Crippen LogP contribution in [0.15, 0.2) is 60.7 Å². The lowest BCUT2D eigenvalue weighted by molar-refractivity contribution is -0.152. The molecule has 0 aliphatic carbocycles. The van der Waals surface area contributed by atoms with Crippen molar-refractivity contribution in [3.63, 3.8) is 0 Å². The summed E-state index contributed by atoms with van der Waals surface area (Å²) in [6.07, 6.45) is 3.19. The molecule has 152 valence electrons. The third kappa shape index (κ3) is 6.17. The van der Waals surface area contributed by atoms with Crippen LogP contribution >= 0.6 is 0 Å². The Kier molecular flexibility index (Phi) is 7.39. The van der Waals surface area contributed by atoms with Crippen molar-refractivity contribution in [3.05, 3.63) is 71.8 Å². The monoisotopic (exact) mass is 394 g/mol. The van der Waals surface area contributed by atoms with Crippen LogP contribution in [0.5, 0.6) is 0 Å². The molecule has 1 heterocycles. The molecule has 3 rings (SSSR count). The van der Waals surface area contributed by atoms with E-state index >= 15 is 0 Å². The molecule has 1 N–H and O–H groups in total. The van der Waals surface area contributed by atoms with E-state index in [0.29, 0.717) is 13.0 Å². The number of likely N-dealkylation sites (tertiary alicyclic amines) is 1. The zero-order valence-corrected chi connectivity index (χ0v) is 16.4. The summed E-state index contributed by atoms with van der Waals surface area (Å²) in [6, 6.07) is 18.9. The zero-order valence-electron chi connectivity index (χ0n) is 16.4. The highest BCUT2D eigenvalue weighted by molar-refractivity contribution is 5.84. The van der Waals surface area contributed by atoms with Crippen LogP contribution in [-0.2, 0) is 19.1 Å². The lowest BCUT2D eigenvalue weighted by Gasteiger charge is -2.21. The Labute approximate surface area is 170 Å². The predicted octanol–water partition coefficient (Wildman–Crippen LogP) is 2.84. The quantitative estimate of drug-likeness (QED) is 0.733. The Balaban J connectivity index is 1.56. The van der Waals surface area contributed by atoms with Gasteiger partial charge in [-0.3, -0.25) is 14.4 Å². The minimum atomic E-state index is -0.564. The molecule has 0 bridgehead atoms. The molecule has 6 nitrogen and oxygen atoms in total. The molecule has 29 heavy (non-hydrogen) atoms. The average molecular weight is 394 g/mol. The maximum atomic E-state index is 12.4. The lowest BCUT2D eigenvalue weighted by Crippen LogP contribution is -2.38. The lowest BCUT2D eigenvalue weighted by atomic mass is 9.99. The summed E-state index contributed by atoms with van der Waals surface area (Å²) >= 11 is 0. The van der Waals surface area contributed by atoms with Crippen molar-refractivity contribution in [1.29, 1.82) is 0 Å². The molecule has 1 fully saturated rings. The molecule has 0 spiro atoms. The first kappa shape index (κ1) is 20.6. The van der Waals surface area contributed by atoms with Crippen molar-refractivity contribution in [1.82, 2.24) is 10.2 Å². The van der Waals surface area contributed by atoms with Gasteiger partial charge >= 0.3 is 5.97 Å². The number of rotatable bonds is 7. The van der Waals surface area contributed by atoms with Crippen molar-refractivity contribution in [2.45, 2.75) is 31.7 Å². The largest absolute Gasteiger partial charge is 0.454 e. The van der Waals surface area contributed by atoms with Crippen LogP contribution in [0.3, 0.4) is 0 Å². The van der Waals surface area contributed by atoms with Crippen molar-refractivity contribution in [3.8, 4) is 0 Å². The maximum Gasteiger partial charge on any atom is 0.326 e. The maximum absolute atomic E-state index is 12.4. The minimum absolute atomic E-state index is 0.0304. The Morgan fingerprint density at radius 1 is 0.931 bits per heavy atom. The van der Waals surface area contributed by atoms with Gasteiger partial charge in [-0.2, -0.15) is 0 Å². The van der Waals surface area contributed by atoms with E-state index < -0.39 is 11.9 Å². The van der Waals surface area contributed by atoms with Crippen LogP contribution in [0, 0.1) is 0 Å². The molecule has 2 aromatic rings. The van der Waals surface area contributed by atoms with E-state index in [2.05, 4.69) is 5.32 Å². The second kappa shape index (κ2) is 10.4. The summed E-state index contributed by atoms with van der Waals surface area (Å²) in [5.41, 5.74) is 1.88. The van der Waals surface area contributed by atoms with E-state index in [4.69, 9.17) is 4.74 Å². The number of hydrogen-bond donors (Lipinski definition) is 1. The van der Waals surface area contributed by atoms with Crippen LogP contribution in [0.1, 0.15) is 42.9 Å². The van der Waals surface area contributed by atoms with Gasteiger partial charge in [0.1, 0.15) is 6.54 Å². The molecule has 2 aromatic carbocycles. The summed E-state index contributed by atoms with van der Waals surface area (Å²) in [7, 11) is 0. The number of amides is 2. The Morgan fingerprint density at radius 3 is 2.17 bits per heavy atom. The Bertz CT molecular complexity index is 784. The fraction of sp³-hybridized carbons (Fsp3) is 0.348. The molecule has 1 saturated heterocycles. The van der Waals surface area contributed by atoms with Gasteiger partial charge in [0, 0.05) is 13.0 Å². The molecule has 0 saturated carbocycles. The van der Waals surface area contributed by atoms with Crippen molar-refractivity contribution >= 4 is 17.8 Å². The van der Waals surface area contributed by atoms with E-state index in [9.17, 15) is 14.4 Å². The Morgan fingerprint density at radius 2 is 1.55 bits per heavy atom. The molecule has 0 radical (unpaired) electrons. The van der Waals surface area contributed by atoms with Crippen LogP contribution in [-0.4, -0.2) is 42.4 Å². The fourth-order valence-corrected chi connectivity index (χ4v) is 3.41. The van der Waals surface area contributed by atoms with Crippen molar-refractivity contribution < 1.29 is 19.1 Å².